The number of nitrogens with zero attached hydrogens (tertiary/aromatic N) is 5. The number of hydrogen-bond donors (Lipinski definition) is 1. The van der Waals surface area contributed by atoms with Crippen LogP contribution in [0.3, 0.4) is 0 Å². The molecular weight excluding hydrogens is 447 g/mol. The van der Waals surface area contributed by atoms with Crippen LogP contribution < -0.4 is 10.6 Å². The minimum absolute atomic E-state index is 0.161. The summed E-state index contributed by atoms with van der Waals surface area (Å²) in [7, 11) is 5.66. The SMILES string of the molecule is CN(C)C(=O)c1cc(-c2cnc3c(c2)c(Cc2ccc(N(C)C)cc2)nn3[P+](C)=O)ccc1N. The van der Waals surface area contributed by atoms with E-state index >= 15 is 0 Å². The molecule has 1 amide bonds. The number of carbonyl (C=O) groups is 1. The minimum atomic E-state index is -1.73. The first-order valence-corrected chi connectivity index (χ1v) is 12.5. The summed E-state index contributed by atoms with van der Waals surface area (Å²) in [5.74, 6) is -0.161. The first-order chi connectivity index (χ1) is 16.2. The van der Waals surface area contributed by atoms with Crippen molar-refractivity contribution in [2.45, 2.75) is 6.42 Å². The molecule has 0 aliphatic carbocycles. The molecule has 0 aliphatic heterocycles. The Bertz CT molecular complexity index is 1390. The second-order valence-electron chi connectivity index (χ2n) is 8.63. The predicted molar refractivity (Wildman–Crippen MR) is 138 cm³/mol. The van der Waals surface area contributed by atoms with Crippen LogP contribution in [0.25, 0.3) is 22.2 Å². The van der Waals surface area contributed by atoms with E-state index in [4.69, 9.17) is 5.73 Å². The fourth-order valence-electron chi connectivity index (χ4n) is 3.80. The summed E-state index contributed by atoms with van der Waals surface area (Å²) >= 11 is 0. The van der Waals surface area contributed by atoms with Gasteiger partial charge in [0.15, 0.2) is 6.66 Å². The number of hydrogen-bond acceptors (Lipinski definition) is 6. The first kappa shape index (κ1) is 23.4. The quantitative estimate of drug-likeness (QED) is 0.331. The molecular formula is C25H28N6O2P+. The molecule has 0 fully saturated rings. The number of pyridine rings is 1. The van der Waals surface area contributed by atoms with Crippen LogP contribution in [0.4, 0.5) is 11.4 Å². The van der Waals surface area contributed by atoms with E-state index in [2.05, 4.69) is 34.3 Å². The zero-order chi connectivity index (χ0) is 24.6. The average Bonchev–Trinajstić information content (AvgIpc) is 3.17. The molecule has 4 aromatic rings. The summed E-state index contributed by atoms with van der Waals surface area (Å²) in [6.07, 6.45) is 2.29. The third-order valence-corrected chi connectivity index (χ3v) is 6.51. The summed E-state index contributed by atoms with van der Waals surface area (Å²) in [6.45, 7) is 1.62. The summed E-state index contributed by atoms with van der Waals surface area (Å²) in [4.78, 5) is 20.7. The molecule has 34 heavy (non-hydrogen) atoms. The largest absolute Gasteiger partial charge is 0.482 e. The maximum atomic E-state index is 12.5. The molecule has 2 N–H and O–H groups in total. The fourth-order valence-corrected chi connectivity index (χ4v) is 4.46. The lowest BCUT2D eigenvalue weighted by Crippen LogP contribution is -2.22. The number of nitrogens with two attached hydrogens (primary N) is 1. The summed E-state index contributed by atoms with van der Waals surface area (Å²) in [6, 6.07) is 15.6. The topological polar surface area (TPSA) is 97.4 Å². The van der Waals surface area contributed by atoms with Gasteiger partial charge in [-0.3, -0.25) is 4.79 Å². The Labute approximate surface area is 199 Å². The van der Waals surface area contributed by atoms with Gasteiger partial charge in [0.1, 0.15) is 0 Å². The fraction of sp³-hybridized carbons (Fsp3) is 0.240. The van der Waals surface area contributed by atoms with Gasteiger partial charge >= 0.3 is 7.95 Å². The molecule has 0 spiro atoms. The molecule has 4 rings (SSSR count). The summed E-state index contributed by atoms with van der Waals surface area (Å²) in [5, 5.41) is 5.47. The molecule has 0 aliphatic rings. The van der Waals surface area contributed by atoms with Crippen molar-refractivity contribution in [2.24, 2.45) is 0 Å². The average molecular weight is 476 g/mol. The molecule has 0 saturated carbocycles. The van der Waals surface area contributed by atoms with Gasteiger partial charge in [0.2, 0.25) is 5.65 Å². The maximum Gasteiger partial charge on any atom is 0.482 e. The van der Waals surface area contributed by atoms with Crippen LogP contribution in [-0.2, 0) is 11.0 Å². The minimum Gasteiger partial charge on any atom is -0.398 e. The lowest BCUT2D eigenvalue weighted by molar-refractivity contribution is 0.0828. The van der Waals surface area contributed by atoms with Gasteiger partial charge in [0.05, 0.1) is 11.3 Å². The number of amides is 1. The van der Waals surface area contributed by atoms with Crippen LogP contribution in [-0.4, -0.2) is 60.2 Å². The molecule has 2 aromatic heterocycles. The number of carbonyl (C=O) groups excluding carboxylic acids is 1. The highest BCUT2D eigenvalue weighted by atomic mass is 31.1. The third kappa shape index (κ3) is 4.50. The van der Waals surface area contributed by atoms with E-state index in [0.29, 0.717) is 23.3 Å². The molecule has 174 valence electrons. The number of aromatic nitrogens is 3. The standard InChI is InChI=1S/C25H27N6O2P/c1-29(2)19-9-6-16(7-10-19)12-23-21-14-18(15-27-24(21)31(28-23)34(5)33)17-8-11-22(26)20(13-17)25(32)30(3)4/h6-11,13-15H,12H2,1-5H3,(H-,26,32)/p+1. The van der Waals surface area contributed by atoms with E-state index in [1.54, 1.807) is 39.1 Å². The number of rotatable bonds is 6. The monoisotopic (exact) mass is 475 g/mol. The van der Waals surface area contributed by atoms with Gasteiger partial charge < -0.3 is 15.5 Å². The first-order valence-electron chi connectivity index (χ1n) is 10.8. The van der Waals surface area contributed by atoms with Gasteiger partial charge in [-0.15, -0.1) is 5.10 Å². The van der Waals surface area contributed by atoms with Crippen molar-refractivity contribution < 1.29 is 9.36 Å². The molecule has 1 unspecified atom stereocenters. The highest BCUT2D eigenvalue weighted by Gasteiger charge is 2.23. The van der Waals surface area contributed by atoms with Crippen molar-refractivity contribution in [1.29, 1.82) is 0 Å². The van der Waals surface area contributed by atoms with E-state index in [1.807, 2.05) is 31.1 Å². The van der Waals surface area contributed by atoms with Crippen molar-refractivity contribution in [3.8, 4) is 11.1 Å². The van der Waals surface area contributed by atoms with Crippen LogP contribution in [0, 0.1) is 0 Å². The van der Waals surface area contributed by atoms with E-state index in [1.165, 1.54) is 9.35 Å². The molecule has 2 heterocycles. The molecule has 0 bridgehead atoms. The van der Waals surface area contributed by atoms with Crippen molar-refractivity contribution in [3.63, 3.8) is 0 Å². The third-order valence-electron chi connectivity index (χ3n) is 5.70. The molecule has 2 aromatic carbocycles. The van der Waals surface area contributed by atoms with Gasteiger partial charge in [0, 0.05) is 63.1 Å². The van der Waals surface area contributed by atoms with E-state index < -0.39 is 7.95 Å². The van der Waals surface area contributed by atoms with Crippen LogP contribution in [0.1, 0.15) is 21.6 Å². The van der Waals surface area contributed by atoms with E-state index in [9.17, 15) is 9.36 Å². The van der Waals surface area contributed by atoms with Crippen molar-refractivity contribution in [2.75, 3.05) is 45.5 Å². The summed E-state index contributed by atoms with van der Waals surface area (Å²) in [5.41, 5.74) is 12.2. The Hall–Kier alpha value is -3.77. The number of anilines is 2. The molecule has 1 atom stereocenters. The molecule has 9 heteroatoms. The molecule has 0 saturated heterocycles. The van der Waals surface area contributed by atoms with E-state index in [-0.39, 0.29) is 5.91 Å². The number of fused-ring (bicyclic) bond motifs is 1. The Morgan fingerprint density at radius 2 is 1.74 bits per heavy atom. The second-order valence-corrected chi connectivity index (χ2v) is 9.94. The van der Waals surface area contributed by atoms with E-state index in [0.717, 1.165) is 33.5 Å². The number of nitrogen functional groups attached to an aromatic ring is 1. The van der Waals surface area contributed by atoms with Crippen molar-refractivity contribution >= 4 is 36.3 Å². The Balaban J connectivity index is 1.79. The molecule has 8 nitrogen and oxygen atoms in total. The maximum absolute atomic E-state index is 12.5. The van der Waals surface area contributed by atoms with Gasteiger partial charge in [-0.1, -0.05) is 18.2 Å². The lowest BCUT2D eigenvalue weighted by atomic mass is 10.0. The Kier molecular flexibility index (Phi) is 6.35. The highest BCUT2D eigenvalue weighted by molar-refractivity contribution is 7.42. The van der Waals surface area contributed by atoms with Gasteiger partial charge in [-0.25, -0.2) is 4.98 Å². The van der Waals surface area contributed by atoms with Crippen LogP contribution in [0.2, 0.25) is 0 Å². The Morgan fingerprint density at radius 3 is 2.35 bits per heavy atom. The summed E-state index contributed by atoms with van der Waals surface area (Å²) < 4.78 is 13.9. The zero-order valence-electron chi connectivity index (χ0n) is 20.0. The van der Waals surface area contributed by atoms with Gasteiger partial charge in [0.25, 0.3) is 5.91 Å². The lowest BCUT2D eigenvalue weighted by Gasteiger charge is -2.13. The number of benzene rings is 2. The Morgan fingerprint density at radius 1 is 1.03 bits per heavy atom. The second kappa shape index (κ2) is 9.23. The van der Waals surface area contributed by atoms with Crippen molar-refractivity contribution in [3.05, 3.63) is 71.5 Å². The van der Waals surface area contributed by atoms with Gasteiger partial charge in [-0.05, 0) is 50.5 Å². The van der Waals surface area contributed by atoms with Crippen LogP contribution in [0.5, 0.6) is 0 Å². The predicted octanol–water partition coefficient (Wildman–Crippen LogP) is 4.26. The van der Waals surface area contributed by atoms with Crippen LogP contribution in [0.15, 0.2) is 54.7 Å². The smallest absolute Gasteiger partial charge is 0.398 e. The van der Waals surface area contributed by atoms with Gasteiger partial charge in [-0.2, -0.15) is 0 Å². The highest BCUT2D eigenvalue weighted by Crippen LogP contribution is 2.32. The van der Waals surface area contributed by atoms with Crippen molar-refractivity contribution in [1.82, 2.24) is 19.4 Å². The molecule has 0 radical (unpaired) electrons. The van der Waals surface area contributed by atoms with Crippen LogP contribution >= 0.6 is 7.95 Å². The normalized spacial score (nSPS) is 11.5. The zero-order valence-corrected chi connectivity index (χ0v) is 20.9.